The summed E-state index contributed by atoms with van der Waals surface area (Å²) in [5, 5.41) is 10.5. The number of aromatic nitrogens is 1. The van der Waals surface area contributed by atoms with Crippen LogP contribution in [0.5, 0.6) is 5.75 Å². The maximum atomic E-state index is 14.4. The van der Waals surface area contributed by atoms with Crippen molar-refractivity contribution in [2.45, 2.75) is 50.7 Å². The van der Waals surface area contributed by atoms with Crippen LogP contribution >= 0.6 is 22.9 Å². The largest absolute Gasteiger partial charge is 0.488 e. The second kappa shape index (κ2) is 12.7. The molecular weight excluding hydrogens is 644 g/mol. The van der Waals surface area contributed by atoms with E-state index < -0.39 is 35.7 Å². The van der Waals surface area contributed by atoms with Crippen LogP contribution in [-0.2, 0) is 16.0 Å². The summed E-state index contributed by atoms with van der Waals surface area (Å²) in [7, 11) is 0. The van der Waals surface area contributed by atoms with E-state index in [4.69, 9.17) is 16.3 Å². The van der Waals surface area contributed by atoms with E-state index in [1.807, 2.05) is 0 Å². The number of nitrogens with zero attached hydrogens (tertiary/aromatic N) is 4. The summed E-state index contributed by atoms with van der Waals surface area (Å²) < 4.78 is 6.58. The molecule has 1 saturated carbocycles. The number of carbonyl (C=O) groups is 5. The highest BCUT2D eigenvalue weighted by Crippen LogP contribution is 2.44. The highest BCUT2D eigenvalue weighted by molar-refractivity contribution is 7.11. The summed E-state index contributed by atoms with van der Waals surface area (Å²) in [5.41, 5.74) is 3.56. The lowest BCUT2D eigenvalue weighted by Gasteiger charge is -2.42. The standard InChI is InChI=1S/C34H33ClN4O7S/c35-25-9-10-27(46-19-11-13-37(16-19)33(43)28-15-36-18-47-28)29-24(25)12-14-38(30(40)22-7-3-4-8-23(22)34(44)45)26(29)17-39-31(41)20-5-1-2-6-21(20)32(39)42/h1-2,5-6,9-10,15,18-19,22-23,26H,3-4,7-8,11-14,16-17H2,(H,44,45)/t19?,22-,23+,26-/m1/s1. The fourth-order valence-electron chi connectivity index (χ4n) is 7.51. The van der Waals surface area contributed by atoms with Crippen LogP contribution in [0.1, 0.15) is 79.7 Å². The maximum absolute atomic E-state index is 14.4. The fourth-order valence-corrected chi connectivity index (χ4v) is 8.36. The molecule has 0 spiro atoms. The van der Waals surface area contributed by atoms with Gasteiger partial charge in [0.05, 0.1) is 53.8 Å². The van der Waals surface area contributed by atoms with Crippen LogP contribution in [-0.4, -0.2) is 86.7 Å². The van der Waals surface area contributed by atoms with Crippen LogP contribution in [0.15, 0.2) is 48.1 Å². The lowest BCUT2D eigenvalue weighted by molar-refractivity contribution is -0.153. The Morgan fingerprint density at radius 2 is 1.70 bits per heavy atom. The molecule has 0 radical (unpaired) electrons. The van der Waals surface area contributed by atoms with E-state index in [9.17, 15) is 29.1 Å². The third kappa shape index (κ3) is 5.67. The zero-order valence-electron chi connectivity index (χ0n) is 25.5. The molecule has 244 valence electrons. The van der Waals surface area contributed by atoms with Gasteiger partial charge in [-0.2, -0.15) is 0 Å². The van der Waals surface area contributed by atoms with Crippen LogP contribution in [0.4, 0.5) is 0 Å². The van der Waals surface area contributed by atoms with Gasteiger partial charge in [0.2, 0.25) is 5.91 Å². The van der Waals surface area contributed by atoms with E-state index in [2.05, 4.69) is 4.98 Å². The lowest BCUT2D eigenvalue weighted by atomic mass is 9.77. The Balaban J connectivity index is 1.24. The number of carboxylic acids is 1. The van der Waals surface area contributed by atoms with E-state index in [0.29, 0.717) is 71.1 Å². The number of carboxylic acid groups (broad SMARTS) is 1. The molecule has 1 aliphatic carbocycles. The zero-order chi connectivity index (χ0) is 32.8. The van der Waals surface area contributed by atoms with Crippen molar-refractivity contribution in [3.63, 3.8) is 0 Å². The van der Waals surface area contributed by atoms with Crippen molar-refractivity contribution < 1.29 is 33.8 Å². The molecule has 1 aromatic heterocycles. The van der Waals surface area contributed by atoms with Gasteiger partial charge in [-0.15, -0.1) is 11.3 Å². The number of imide groups is 1. The highest BCUT2D eigenvalue weighted by atomic mass is 35.5. The number of thiazole rings is 1. The Hall–Kier alpha value is -4.29. The lowest BCUT2D eigenvalue weighted by Crippen LogP contribution is -2.50. The molecule has 1 unspecified atom stereocenters. The number of halogens is 1. The summed E-state index contributed by atoms with van der Waals surface area (Å²) >= 11 is 8.04. The summed E-state index contributed by atoms with van der Waals surface area (Å²) in [6, 6.07) is 9.27. The average molecular weight is 677 g/mol. The topological polar surface area (TPSA) is 137 Å². The fraction of sp³-hybridized carbons (Fsp3) is 0.412. The number of aliphatic carboxylic acids is 1. The second-order valence-electron chi connectivity index (χ2n) is 12.5. The number of hydrogen-bond donors (Lipinski definition) is 1. The van der Waals surface area contributed by atoms with Gasteiger partial charge in [0, 0.05) is 30.1 Å². The zero-order valence-corrected chi connectivity index (χ0v) is 27.0. The maximum Gasteiger partial charge on any atom is 0.307 e. The Labute approximate surface area is 280 Å². The van der Waals surface area contributed by atoms with Gasteiger partial charge >= 0.3 is 5.97 Å². The van der Waals surface area contributed by atoms with Crippen LogP contribution < -0.4 is 4.74 Å². The minimum Gasteiger partial charge on any atom is -0.488 e. The molecule has 4 atom stereocenters. The first-order valence-electron chi connectivity index (χ1n) is 15.9. The van der Waals surface area contributed by atoms with Gasteiger partial charge in [0.1, 0.15) is 16.7 Å². The van der Waals surface area contributed by atoms with E-state index >= 15 is 0 Å². The predicted octanol–water partition coefficient (Wildman–Crippen LogP) is 4.70. The minimum absolute atomic E-state index is 0.113. The molecular formula is C34H33ClN4O7S. The molecule has 0 bridgehead atoms. The summed E-state index contributed by atoms with van der Waals surface area (Å²) in [6.45, 7) is 0.944. The van der Waals surface area contributed by atoms with Crippen molar-refractivity contribution in [2.24, 2.45) is 11.8 Å². The monoisotopic (exact) mass is 676 g/mol. The number of likely N-dealkylation sites (tertiary alicyclic amines) is 1. The molecule has 4 amide bonds. The van der Waals surface area contributed by atoms with Gasteiger partial charge in [-0.1, -0.05) is 36.6 Å². The Bertz CT molecular complexity index is 1730. The molecule has 4 heterocycles. The third-order valence-corrected chi connectivity index (χ3v) is 11.0. The van der Waals surface area contributed by atoms with E-state index in [-0.39, 0.29) is 31.0 Å². The van der Waals surface area contributed by atoms with Crippen molar-refractivity contribution in [3.8, 4) is 5.75 Å². The Kier molecular flexibility index (Phi) is 8.48. The van der Waals surface area contributed by atoms with Gasteiger partial charge in [-0.3, -0.25) is 33.9 Å². The van der Waals surface area contributed by atoms with Gasteiger partial charge in [-0.25, -0.2) is 0 Å². The van der Waals surface area contributed by atoms with Crippen molar-refractivity contribution in [2.75, 3.05) is 26.2 Å². The molecule has 3 aliphatic heterocycles. The number of carbonyl (C=O) groups excluding carboxylic acids is 4. The molecule has 1 N–H and O–H groups in total. The van der Waals surface area contributed by atoms with Crippen molar-refractivity contribution >= 4 is 52.5 Å². The van der Waals surface area contributed by atoms with Crippen LogP contribution in [0.2, 0.25) is 5.02 Å². The number of rotatable bonds is 7. The summed E-state index contributed by atoms with van der Waals surface area (Å²) in [6.07, 6.45) is 4.51. The molecule has 7 rings (SSSR count). The number of benzene rings is 2. The Morgan fingerprint density at radius 3 is 2.38 bits per heavy atom. The Morgan fingerprint density at radius 1 is 0.979 bits per heavy atom. The second-order valence-corrected chi connectivity index (χ2v) is 13.8. The molecule has 47 heavy (non-hydrogen) atoms. The van der Waals surface area contributed by atoms with E-state index in [1.54, 1.807) is 57.9 Å². The molecule has 1 saturated heterocycles. The van der Waals surface area contributed by atoms with Crippen molar-refractivity contribution in [1.82, 2.24) is 19.7 Å². The number of amides is 4. The van der Waals surface area contributed by atoms with Crippen molar-refractivity contribution in [3.05, 3.63) is 80.3 Å². The SMILES string of the molecule is O=C(O)[C@H]1CCCC[C@H]1C(=O)N1CCc2c(Cl)ccc(OC3CCN(C(=O)c4cncs4)C3)c2[C@H]1CN1C(=O)c2ccccc2C1=O. The molecule has 13 heteroatoms. The molecule has 3 aromatic rings. The van der Waals surface area contributed by atoms with Gasteiger partial charge in [0.25, 0.3) is 17.7 Å². The first-order valence-corrected chi connectivity index (χ1v) is 17.1. The third-order valence-electron chi connectivity index (χ3n) is 9.86. The van der Waals surface area contributed by atoms with Gasteiger partial charge in [0.15, 0.2) is 0 Å². The quantitative estimate of drug-likeness (QED) is 0.356. The van der Waals surface area contributed by atoms with Crippen LogP contribution in [0, 0.1) is 11.8 Å². The van der Waals surface area contributed by atoms with Crippen molar-refractivity contribution in [1.29, 1.82) is 0 Å². The number of fused-ring (bicyclic) bond motifs is 2. The first-order chi connectivity index (χ1) is 22.7. The molecule has 2 fully saturated rings. The number of hydrogen-bond acceptors (Lipinski definition) is 8. The van der Waals surface area contributed by atoms with E-state index in [0.717, 1.165) is 23.3 Å². The molecule has 4 aliphatic rings. The normalized spacial score (nSPS) is 23.9. The van der Waals surface area contributed by atoms with Crippen LogP contribution in [0.3, 0.4) is 0 Å². The number of ether oxygens (including phenoxy) is 1. The summed E-state index contributed by atoms with van der Waals surface area (Å²) in [4.78, 5) is 75.8. The van der Waals surface area contributed by atoms with Gasteiger partial charge < -0.3 is 19.6 Å². The first kappa shape index (κ1) is 31.3. The molecule has 11 nitrogen and oxygen atoms in total. The molecule has 2 aromatic carbocycles. The highest BCUT2D eigenvalue weighted by Gasteiger charge is 2.46. The minimum atomic E-state index is -0.997. The smallest absolute Gasteiger partial charge is 0.307 e. The van der Waals surface area contributed by atoms with Gasteiger partial charge in [-0.05, 0) is 49.1 Å². The average Bonchev–Trinajstić information content (AvgIpc) is 3.84. The predicted molar refractivity (Wildman–Crippen MR) is 172 cm³/mol. The van der Waals surface area contributed by atoms with E-state index in [1.165, 1.54) is 11.3 Å². The summed E-state index contributed by atoms with van der Waals surface area (Å²) in [5.74, 6) is -3.41. The van der Waals surface area contributed by atoms with Crippen LogP contribution in [0.25, 0.3) is 0 Å².